The van der Waals surface area contributed by atoms with Gasteiger partial charge < -0.3 is 10.1 Å². The Morgan fingerprint density at radius 1 is 1.23 bits per heavy atom. The molecule has 0 unspecified atom stereocenters. The molecule has 0 saturated heterocycles. The number of halogens is 2. The molecule has 134 valence electrons. The largest absolute Gasteiger partial charge is 0.490 e. The lowest BCUT2D eigenvalue weighted by atomic mass is 9.89. The fraction of sp³-hybridized carbons (Fsp3) is 0.286. The molecule has 1 aliphatic rings. The zero-order valence-corrected chi connectivity index (χ0v) is 16.7. The Labute approximate surface area is 166 Å². The zero-order valence-electron chi connectivity index (χ0n) is 14.5. The molecule has 0 bridgehead atoms. The highest BCUT2D eigenvalue weighted by molar-refractivity contribution is 14.1. The van der Waals surface area contributed by atoms with Gasteiger partial charge in [0.1, 0.15) is 17.7 Å². The average molecular weight is 462 g/mol. The predicted molar refractivity (Wildman–Crippen MR) is 110 cm³/mol. The molecule has 1 heterocycles. The number of fused-ring (bicyclic) bond motifs is 1. The molecular weight excluding hydrogens is 442 g/mol. The summed E-state index contributed by atoms with van der Waals surface area (Å²) in [6.07, 6.45) is 5.60. The van der Waals surface area contributed by atoms with Crippen LogP contribution in [-0.4, -0.2) is 17.1 Å². The fourth-order valence-electron chi connectivity index (χ4n) is 3.42. The van der Waals surface area contributed by atoms with Crippen molar-refractivity contribution in [2.24, 2.45) is 0 Å². The van der Waals surface area contributed by atoms with Crippen LogP contribution < -0.4 is 10.1 Å². The van der Waals surface area contributed by atoms with Gasteiger partial charge in [-0.2, -0.15) is 0 Å². The predicted octanol–water partition coefficient (Wildman–Crippen LogP) is 4.99. The number of ether oxygens (including phenoxy) is 1. The van der Waals surface area contributed by atoms with Crippen LogP contribution in [0.15, 0.2) is 48.8 Å². The lowest BCUT2D eigenvalue weighted by molar-refractivity contribution is 0.0841. The molecule has 26 heavy (non-hydrogen) atoms. The van der Waals surface area contributed by atoms with Crippen molar-refractivity contribution >= 4 is 33.4 Å². The minimum atomic E-state index is -0.169. The Bertz CT molecular complexity index is 920. The van der Waals surface area contributed by atoms with Crippen LogP contribution in [0.5, 0.6) is 5.75 Å². The van der Waals surface area contributed by atoms with Gasteiger partial charge >= 0.3 is 0 Å². The third-order valence-corrected chi connectivity index (χ3v) is 5.48. The topological polar surface area (TPSA) is 34.1 Å². The van der Waals surface area contributed by atoms with Gasteiger partial charge in [-0.15, -0.1) is 0 Å². The van der Waals surface area contributed by atoms with Crippen LogP contribution in [0.2, 0.25) is 0 Å². The molecule has 1 N–H and O–H groups in total. The molecule has 5 heteroatoms. The fourth-order valence-corrected chi connectivity index (χ4v) is 4.22. The maximum absolute atomic E-state index is 14.2. The van der Waals surface area contributed by atoms with Crippen LogP contribution in [0, 0.1) is 16.3 Å². The van der Waals surface area contributed by atoms with Gasteiger partial charge in [-0.05, 0) is 89.7 Å². The number of aryl methyl sites for hydroxylation is 1. The second-order valence-corrected chi connectivity index (χ2v) is 8.12. The van der Waals surface area contributed by atoms with E-state index in [9.17, 15) is 4.39 Å². The minimum Gasteiger partial charge on any atom is -0.490 e. The van der Waals surface area contributed by atoms with E-state index in [1.54, 1.807) is 18.5 Å². The Kier molecular flexibility index (Phi) is 5.09. The van der Waals surface area contributed by atoms with Gasteiger partial charge in [-0.1, -0.05) is 0 Å². The number of pyridine rings is 1. The smallest absolute Gasteiger partial charge is 0.128 e. The monoisotopic (exact) mass is 462 g/mol. The van der Waals surface area contributed by atoms with Gasteiger partial charge in [-0.25, -0.2) is 4.39 Å². The van der Waals surface area contributed by atoms with E-state index in [-0.39, 0.29) is 11.9 Å². The van der Waals surface area contributed by atoms with Gasteiger partial charge in [0.2, 0.25) is 0 Å². The van der Waals surface area contributed by atoms with Crippen LogP contribution in [0.4, 0.5) is 4.39 Å². The van der Waals surface area contributed by atoms with Gasteiger partial charge in [0, 0.05) is 39.5 Å². The van der Waals surface area contributed by atoms with Crippen molar-refractivity contribution in [3.05, 3.63) is 69.3 Å². The lowest BCUT2D eigenvalue weighted by Crippen LogP contribution is -2.46. The van der Waals surface area contributed by atoms with Gasteiger partial charge in [0.25, 0.3) is 0 Å². The highest BCUT2D eigenvalue weighted by Gasteiger charge is 2.30. The Morgan fingerprint density at radius 3 is 2.88 bits per heavy atom. The molecule has 1 aliphatic carbocycles. The van der Waals surface area contributed by atoms with Crippen molar-refractivity contribution in [2.45, 2.75) is 38.5 Å². The van der Waals surface area contributed by atoms with E-state index >= 15 is 0 Å². The van der Waals surface area contributed by atoms with E-state index in [1.807, 2.05) is 6.07 Å². The lowest BCUT2D eigenvalue weighted by Gasteiger charge is -2.36. The summed E-state index contributed by atoms with van der Waals surface area (Å²) in [5.41, 5.74) is 1.92. The molecule has 2 aromatic carbocycles. The Balaban J connectivity index is 1.34. The first kappa shape index (κ1) is 17.7. The van der Waals surface area contributed by atoms with Crippen molar-refractivity contribution in [2.75, 3.05) is 0 Å². The van der Waals surface area contributed by atoms with E-state index in [1.165, 1.54) is 15.2 Å². The molecule has 1 aromatic heterocycles. The standard InChI is InChI=1S/C21H20FIN2O/c1-13-6-15(23)8-17(7-13)26-18-9-16(10-18)25-12-20-19-4-5-24-11-14(19)2-3-21(20)22/h2-8,11,16,18,25H,9-10,12H2,1H3. The molecule has 0 atom stereocenters. The van der Waals surface area contributed by atoms with Gasteiger partial charge in [0.05, 0.1) is 0 Å². The molecular formula is C21H20FIN2O. The van der Waals surface area contributed by atoms with E-state index < -0.39 is 0 Å². The molecule has 0 aliphatic heterocycles. The van der Waals surface area contributed by atoms with E-state index in [2.05, 4.69) is 58.0 Å². The normalized spacial score (nSPS) is 19.3. The van der Waals surface area contributed by atoms with Crippen LogP contribution in [0.3, 0.4) is 0 Å². The van der Waals surface area contributed by atoms with Crippen molar-refractivity contribution in [3.63, 3.8) is 0 Å². The highest BCUT2D eigenvalue weighted by Crippen LogP contribution is 2.28. The summed E-state index contributed by atoms with van der Waals surface area (Å²) in [6.45, 7) is 2.60. The van der Waals surface area contributed by atoms with Gasteiger partial charge in [-0.3, -0.25) is 4.98 Å². The molecule has 0 amide bonds. The summed E-state index contributed by atoms with van der Waals surface area (Å²) in [5, 5.41) is 5.36. The number of nitrogens with one attached hydrogen (secondary N) is 1. The third-order valence-electron chi connectivity index (χ3n) is 4.86. The molecule has 1 fully saturated rings. The van der Waals surface area contributed by atoms with Gasteiger partial charge in [0.15, 0.2) is 0 Å². The minimum absolute atomic E-state index is 0.169. The first-order valence-electron chi connectivity index (χ1n) is 8.77. The Morgan fingerprint density at radius 2 is 2.08 bits per heavy atom. The highest BCUT2D eigenvalue weighted by atomic mass is 127. The zero-order chi connectivity index (χ0) is 18.1. The summed E-state index contributed by atoms with van der Waals surface area (Å²) in [4.78, 5) is 4.11. The number of nitrogens with zero attached hydrogens (tertiary/aromatic N) is 1. The van der Waals surface area contributed by atoms with Crippen LogP contribution >= 0.6 is 22.6 Å². The number of hydrogen-bond acceptors (Lipinski definition) is 3. The summed E-state index contributed by atoms with van der Waals surface area (Å²) >= 11 is 2.31. The van der Waals surface area contributed by atoms with E-state index in [0.29, 0.717) is 18.2 Å². The molecule has 0 radical (unpaired) electrons. The number of hydrogen-bond donors (Lipinski definition) is 1. The molecule has 4 rings (SSSR count). The first-order valence-corrected chi connectivity index (χ1v) is 9.85. The van der Waals surface area contributed by atoms with Crippen LogP contribution in [0.25, 0.3) is 10.8 Å². The number of rotatable bonds is 5. The van der Waals surface area contributed by atoms with Crippen molar-refractivity contribution in [3.8, 4) is 5.75 Å². The molecule has 0 spiro atoms. The maximum Gasteiger partial charge on any atom is 0.128 e. The number of aromatic nitrogens is 1. The summed E-state index contributed by atoms with van der Waals surface area (Å²) in [5.74, 6) is 0.767. The average Bonchev–Trinajstić information content (AvgIpc) is 2.57. The van der Waals surface area contributed by atoms with Crippen molar-refractivity contribution < 1.29 is 9.13 Å². The second-order valence-electron chi connectivity index (χ2n) is 6.88. The van der Waals surface area contributed by atoms with Crippen molar-refractivity contribution in [1.82, 2.24) is 10.3 Å². The molecule has 3 aromatic rings. The third kappa shape index (κ3) is 3.83. The van der Waals surface area contributed by atoms with Crippen molar-refractivity contribution in [1.29, 1.82) is 0 Å². The molecule has 3 nitrogen and oxygen atoms in total. The summed E-state index contributed by atoms with van der Waals surface area (Å²) in [7, 11) is 0. The van der Waals surface area contributed by atoms with E-state index in [0.717, 1.165) is 29.4 Å². The first-order chi connectivity index (χ1) is 12.6. The number of benzene rings is 2. The summed E-state index contributed by atoms with van der Waals surface area (Å²) in [6, 6.07) is 11.8. The van der Waals surface area contributed by atoms with E-state index in [4.69, 9.17) is 4.74 Å². The second kappa shape index (κ2) is 7.48. The van der Waals surface area contributed by atoms with Crippen LogP contribution in [-0.2, 0) is 6.54 Å². The maximum atomic E-state index is 14.2. The quantitative estimate of drug-likeness (QED) is 0.543. The van der Waals surface area contributed by atoms with Crippen LogP contribution in [0.1, 0.15) is 24.0 Å². The summed E-state index contributed by atoms with van der Waals surface area (Å²) < 4.78 is 21.5. The SMILES string of the molecule is Cc1cc(I)cc(OC2CC(NCc3c(F)ccc4cnccc34)C2)c1. The Hall–Kier alpha value is -1.73. The molecule has 1 saturated carbocycles.